The number of rotatable bonds is 16. The van der Waals surface area contributed by atoms with Gasteiger partial charge in [0.15, 0.2) is 5.72 Å². The number of ether oxygens (including phenoxy) is 2. The first-order valence-electron chi connectivity index (χ1n) is 21.0. The topological polar surface area (TPSA) is 137 Å². The number of benzene rings is 1. The second-order valence-corrected chi connectivity index (χ2v) is 18.2. The van der Waals surface area contributed by atoms with E-state index in [1.165, 1.54) is 44.2 Å². The molecule has 0 radical (unpaired) electrons. The second-order valence-electron chi connectivity index (χ2n) is 18.2. The molecular formula is C44H68N2O7. The van der Waals surface area contributed by atoms with Crippen LogP contribution in [0.5, 0.6) is 0 Å². The Labute approximate surface area is 318 Å². The van der Waals surface area contributed by atoms with Crippen molar-refractivity contribution in [3.63, 3.8) is 0 Å². The molecule has 0 spiro atoms. The Morgan fingerprint density at radius 2 is 1.87 bits per heavy atom. The van der Waals surface area contributed by atoms with Crippen molar-refractivity contribution in [1.29, 1.82) is 0 Å². The summed E-state index contributed by atoms with van der Waals surface area (Å²) in [6, 6.07) is 10.7. The zero-order chi connectivity index (χ0) is 38.0. The van der Waals surface area contributed by atoms with E-state index in [-0.39, 0.29) is 31.0 Å². The summed E-state index contributed by atoms with van der Waals surface area (Å²) in [7, 11) is 0. The molecule has 296 valence electrons. The molecule has 5 N–H and O–H groups in total. The number of hydrogen-bond acceptors (Lipinski definition) is 9. The first kappa shape index (κ1) is 40.4. The van der Waals surface area contributed by atoms with Crippen LogP contribution in [0.3, 0.4) is 0 Å². The van der Waals surface area contributed by atoms with E-state index in [2.05, 4.69) is 55.9 Å². The highest BCUT2D eigenvalue weighted by atomic mass is 16.6. The number of aryl methyl sites for hydroxylation is 1. The van der Waals surface area contributed by atoms with Crippen LogP contribution in [-0.4, -0.2) is 63.4 Å². The fraction of sp³-hybridized carbons (Fsp3) is 0.773. The van der Waals surface area contributed by atoms with Crippen LogP contribution < -0.4 is 10.9 Å². The lowest BCUT2D eigenvalue weighted by atomic mass is 9.36. The third-order valence-corrected chi connectivity index (χ3v) is 14.8. The Morgan fingerprint density at radius 3 is 2.57 bits per heavy atom. The number of nitrogens with one attached hydrogen (secondary N) is 2. The summed E-state index contributed by atoms with van der Waals surface area (Å²) in [6.07, 6.45) is 12.5. The third-order valence-electron chi connectivity index (χ3n) is 14.8. The van der Waals surface area contributed by atoms with Gasteiger partial charge in [-0.05, 0) is 104 Å². The van der Waals surface area contributed by atoms with Crippen LogP contribution in [0.2, 0.25) is 0 Å². The molecule has 3 aliphatic carbocycles. The lowest BCUT2D eigenvalue weighted by Crippen LogP contribution is -2.81. The summed E-state index contributed by atoms with van der Waals surface area (Å²) in [5, 5.41) is 39.3. The van der Waals surface area contributed by atoms with Crippen LogP contribution in [0.4, 0.5) is 0 Å². The monoisotopic (exact) mass is 737 g/mol. The maximum Gasteiger partial charge on any atom is 0.331 e. The molecule has 0 aromatic heterocycles. The summed E-state index contributed by atoms with van der Waals surface area (Å²) < 4.78 is 11.8. The molecule has 5 aliphatic rings. The minimum atomic E-state index is -1.54. The normalized spacial score (nSPS) is 38.9. The molecule has 2 aliphatic heterocycles. The number of unbranched alkanes of at least 4 members (excludes halogenated alkanes) is 2. The van der Waals surface area contributed by atoms with Gasteiger partial charge in [0.05, 0.1) is 23.2 Å². The Kier molecular flexibility index (Phi) is 12.5. The quantitative estimate of drug-likeness (QED) is 0.0905. The fourth-order valence-corrected chi connectivity index (χ4v) is 12.5. The standard InChI is InChI=1S/C44H68N2O7/c1-6-7-9-16-33-24-35-36(25-33)45-46-43(53-31(4)47)27-30(3)42(51,23-20-34-26-39(50)52-28-34)44(38(49)21-22-41(35,5)40(43)44)37(48)19-18-29(2)13-12-17-32-14-10-8-11-15-32/h8,10-11,14-15,26,29-30,33,35-38,40,45-46,48-49,51H,6-7,9,12-13,16-25,27-28H2,1-5H3/t29-,30-,33-,35+,36-,37-,38+,40-,41+,42-,43-,44+/m1/s1. The SMILES string of the molecule is CCCCC[C@H]1C[C@H]2NN[C@@]3(OC(C)=O)C[C@@H](C)[C@](O)(CCC4=CC(=O)OC4)[C@@]4([C@H](O)CC[C@H](C)CCCc5ccccc5)[C@@H](O)CC[C@@](C)([C@H]2C1)[C@@H]43. The predicted molar refractivity (Wildman–Crippen MR) is 205 cm³/mol. The molecule has 0 amide bonds. The van der Waals surface area contributed by atoms with E-state index in [1.807, 2.05) is 13.0 Å². The van der Waals surface area contributed by atoms with E-state index in [9.17, 15) is 24.9 Å². The molecule has 1 aromatic rings. The largest absolute Gasteiger partial charge is 0.458 e. The van der Waals surface area contributed by atoms with Crippen molar-refractivity contribution in [2.45, 2.75) is 167 Å². The number of carbonyl (C=O) groups excluding carboxylic acids is 2. The van der Waals surface area contributed by atoms with E-state index >= 15 is 0 Å². The Morgan fingerprint density at radius 1 is 1.09 bits per heavy atom. The minimum absolute atomic E-state index is 0.134. The number of aliphatic hydroxyl groups is 3. The van der Waals surface area contributed by atoms with E-state index in [4.69, 9.17) is 9.47 Å². The number of fused-ring (bicyclic) bond motifs is 2. The molecule has 12 atom stereocenters. The molecule has 53 heavy (non-hydrogen) atoms. The second kappa shape index (κ2) is 16.4. The molecule has 9 nitrogen and oxygen atoms in total. The van der Waals surface area contributed by atoms with Crippen LogP contribution in [0.25, 0.3) is 0 Å². The molecule has 3 saturated carbocycles. The van der Waals surface area contributed by atoms with Crippen LogP contribution in [-0.2, 0) is 25.5 Å². The van der Waals surface area contributed by atoms with Gasteiger partial charge in [-0.1, -0.05) is 90.1 Å². The van der Waals surface area contributed by atoms with Gasteiger partial charge < -0.3 is 24.8 Å². The molecular weight excluding hydrogens is 668 g/mol. The fourth-order valence-electron chi connectivity index (χ4n) is 12.5. The average Bonchev–Trinajstić information content (AvgIpc) is 3.73. The van der Waals surface area contributed by atoms with Gasteiger partial charge in [-0.15, -0.1) is 0 Å². The minimum Gasteiger partial charge on any atom is -0.458 e. The molecule has 9 heteroatoms. The molecule has 2 heterocycles. The van der Waals surface area contributed by atoms with Gasteiger partial charge in [0, 0.05) is 31.4 Å². The molecule has 1 aromatic carbocycles. The average molecular weight is 737 g/mol. The van der Waals surface area contributed by atoms with Crippen molar-refractivity contribution in [3.8, 4) is 0 Å². The molecule has 0 unspecified atom stereocenters. The molecule has 1 saturated heterocycles. The number of carbonyl (C=O) groups is 2. The van der Waals surface area contributed by atoms with Crippen molar-refractivity contribution in [3.05, 3.63) is 47.5 Å². The first-order chi connectivity index (χ1) is 25.3. The number of esters is 2. The van der Waals surface area contributed by atoms with Crippen molar-refractivity contribution < 1.29 is 34.4 Å². The van der Waals surface area contributed by atoms with Crippen molar-refractivity contribution in [1.82, 2.24) is 10.9 Å². The van der Waals surface area contributed by atoms with E-state index in [1.54, 1.807) is 0 Å². The van der Waals surface area contributed by atoms with Crippen LogP contribution in [0.15, 0.2) is 42.0 Å². The molecule has 4 fully saturated rings. The Hall–Kier alpha value is -2.30. The lowest BCUT2D eigenvalue weighted by molar-refractivity contribution is -0.351. The lowest BCUT2D eigenvalue weighted by Gasteiger charge is -2.71. The predicted octanol–water partition coefficient (Wildman–Crippen LogP) is 6.93. The first-order valence-corrected chi connectivity index (χ1v) is 21.0. The van der Waals surface area contributed by atoms with E-state index in [0.717, 1.165) is 44.1 Å². The van der Waals surface area contributed by atoms with Gasteiger partial charge in [-0.25, -0.2) is 10.2 Å². The van der Waals surface area contributed by atoms with Crippen LogP contribution in [0, 0.1) is 40.4 Å². The van der Waals surface area contributed by atoms with Crippen molar-refractivity contribution in [2.24, 2.45) is 40.4 Å². The highest BCUT2D eigenvalue weighted by molar-refractivity contribution is 5.85. The van der Waals surface area contributed by atoms with Crippen molar-refractivity contribution >= 4 is 11.9 Å². The van der Waals surface area contributed by atoms with Gasteiger partial charge in [-0.3, -0.25) is 10.2 Å². The van der Waals surface area contributed by atoms with Crippen LogP contribution in [0.1, 0.15) is 136 Å². The van der Waals surface area contributed by atoms with E-state index < -0.39 is 52.2 Å². The van der Waals surface area contributed by atoms with Gasteiger partial charge in [0.2, 0.25) is 0 Å². The van der Waals surface area contributed by atoms with E-state index in [0.29, 0.717) is 43.9 Å². The Balaban J connectivity index is 1.39. The summed E-state index contributed by atoms with van der Waals surface area (Å²) in [5.41, 5.74) is 4.75. The highest BCUT2D eigenvalue weighted by Crippen LogP contribution is 2.72. The summed E-state index contributed by atoms with van der Waals surface area (Å²) in [6.45, 7) is 10.4. The number of aliphatic hydroxyl groups excluding tert-OH is 2. The third kappa shape index (κ3) is 7.64. The number of cyclic esters (lactones) is 1. The van der Waals surface area contributed by atoms with Crippen LogP contribution >= 0.6 is 0 Å². The van der Waals surface area contributed by atoms with Gasteiger partial charge >= 0.3 is 11.9 Å². The summed E-state index contributed by atoms with van der Waals surface area (Å²) in [4.78, 5) is 25.3. The van der Waals surface area contributed by atoms with Gasteiger partial charge in [-0.2, -0.15) is 0 Å². The molecule has 6 rings (SSSR count). The maximum atomic E-state index is 13.6. The zero-order valence-corrected chi connectivity index (χ0v) is 33.1. The number of hydrogen-bond donors (Lipinski definition) is 5. The smallest absolute Gasteiger partial charge is 0.331 e. The summed E-state index contributed by atoms with van der Waals surface area (Å²) >= 11 is 0. The zero-order valence-electron chi connectivity index (χ0n) is 33.1. The van der Waals surface area contributed by atoms with Gasteiger partial charge in [0.1, 0.15) is 6.61 Å². The van der Waals surface area contributed by atoms with Crippen molar-refractivity contribution in [2.75, 3.05) is 6.61 Å². The molecule has 0 bridgehead atoms. The highest BCUT2D eigenvalue weighted by Gasteiger charge is 2.79. The number of hydrazine groups is 1. The van der Waals surface area contributed by atoms with Gasteiger partial charge in [0.25, 0.3) is 0 Å². The summed E-state index contributed by atoms with van der Waals surface area (Å²) in [5.74, 6) is -0.785. The Bertz CT molecular complexity index is 1450. The maximum absolute atomic E-state index is 13.6.